The molecule has 0 aliphatic rings. The van der Waals surface area contributed by atoms with Gasteiger partial charge >= 0.3 is 0 Å². The zero-order valence-corrected chi connectivity index (χ0v) is 10.3. The quantitative estimate of drug-likeness (QED) is 0.855. The normalized spacial score (nSPS) is 10.7. The largest absolute Gasteiger partial charge is 0.326 e. The first-order valence-corrected chi connectivity index (χ1v) is 6.11. The Balaban J connectivity index is 2.19. The molecule has 90 valence electrons. The Labute approximate surface area is 102 Å². The summed E-state index contributed by atoms with van der Waals surface area (Å²) in [5, 5.41) is 4.21. The second-order valence-electron chi connectivity index (χ2n) is 4.26. The zero-order valence-electron chi connectivity index (χ0n) is 10.3. The van der Waals surface area contributed by atoms with Gasteiger partial charge in [-0.25, -0.2) is 0 Å². The fraction of sp³-hybridized carbons (Fsp3) is 0.357. The zero-order chi connectivity index (χ0) is 12.1. The highest BCUT2D eigenvalue weighted by atomic mass is 15.3. The number of hydrogen-bond acceptors (Lipinski definition) is 2. The van der Waals surface area contributed by atoms with Crippen molar-refractivity contribution in [3.05, 3.63) is 53.3 Å². The van der Waals surface area contributed by atoms with E-state index in [1.165, 1.54) is 16.7 Å². The molecule has 0 amide bonds. The fourth-order valence-corrected chi connectivity index (χ4v) is 2.06. The second kappa shape index (κ2) is 5.64. The van der Waals surface area contributed by atoms with Crippen molar-refractivity contribution in [1.82, 2.24) is 9.78 Å². The average molecular weight is 229 g/mol. The van der Waals surface area contributed by atoms with Crippen LogP contribution in [0.3, 0.4) is 0 Å². The number of hydrogen-bond donors (Lipinski definition) is 1. The molecule has 1 aromatic carbocycles. The standard InChI is InChI=1S/C14H19N3/c1-2-4-13-6-5-12(9-14(13)10-15)11-17-8-3-7-16-17/h3,5-9H,2,4,10-11,15H2,1H3. The molecule has 0 bridgehead atoms. The molecule has 0 unspecified atom stereocenters. The van der Waals surface area contributed by atoms with Crippen LogP contribution in [-0.4, -0.2) is 9.78 Å². The Morgan fingerprint density at radius 2 is 2.18 bits per heavy atom. The van der Waals surface area contributed by atoms with Gasteiger partial charge in [0.25, 0.3) is 0 Å². The molecule has 3 heteroatoms. The van der Waals surface area contributed by atoms with E-state index in [1.807, 2.05) is 16.9 Å². The first-order valence-electron chi connectivity index (χ1n) is 6.11. The molecule has 3 nitrogen and oxygen atoms in total. The predicted octanol–water partition coefficient (Wildman–Crippen LogP) is 2.34. The first-order chi connectivity index (χ1) is 8.33. The molecule has 0 saturated carbocycles. The third kappa shape index (κ3) is 2.94. The van der Waals surface area contributed by atoms with E-state index in [1.54, 1.807) is 6.20 Å². The lowest BCUT2D eigenvalue weighted by molar-refractivity contribution is 0.685. The van der Waals surface area contributed by atoms with Gasteiger partial charge in [-0.15, -0.1) is 0 Å². The minimum Gasteiger partial charge on any atom is -0.326 e. The monoisotopic (exact) mass is 229 g/mol. The van der Waals surface area contributed by atoms with Gasteiger partial charge in [-0.3, -0.25) is 4.68 Å². The molecule has 1 heterocycles. The molecule has 17 heavy (non-hydrogen) atoms. The smallest absolute Gasteiger partial charge is 0.0659 e. The summed E-state index contributed by atoms with van der Waals surface area (Å²) < 4.78 is 1.93. The number of aromatic nitrogens is 2. The Hall–Kier alpha value is -1.61. The molecule has 0 fully saturated rings. The van der Waals surface area contributed by atoms with Gasteiger partial charge in [-0.2, -0.15) is 5.10 Å². The highest BCUT2D eigenvalue weighted by Gasteiger charge is 2.03. The maximum absolute atomic E-state index is 5.80. The van der Waals surface area contributed by atoms with Crippen LogP contribution in [0.4, 0.5) is 0 Å². The summed E-state index contributed by atoms with van der Waals surface area (Å²) in [6.07, 6.45) is 6.04. The predicted molar refractivity (Wildman–Crippen MR) is 69.7 cm³/mol. The summed E-state index contributed by atoms with van der Waals surface area (Å²) in [7, 11) is 0. The molecule has 0 aliphatic heterocycles. The van der Waals surface area contributed by atoms with Gasteiger partial charge in [0.1, 0.15) is 0 Å². The third-order valence-electron chi connectivity index (χ3n) is 2.91. The van der Waals surface area contributed by atoms with Crippen molar-refractivity contribution in [1.29, 1.82) is 0 Å². The van der Waals surface area contributed by atoms with E-state index in [4.69, 9.17) is 5.73 Å². The highest BCUT2D eigenvalue weighted by molar-refractivity contribution is 5.32. The van der Waals surface area contributed by atoms with Crippen LogP contribution in [0.15, 0.2) is 36.7 Å². The van der Waals surface area contributed by atoms with Crippen molar-refractivity contribution >= 4 is 0 Å². The molecular weight excluding hydrogens is 210 g/mol. The van der Waals surface area contributed by atoms with Crippen molar-refractivity contribution < 1.29 is 0 Å². The molecule has 0 saturated heterocycles. The van der Waals surface area contributed by atoms with Gasteiger partial charge in [0.15, 0.2) is 0 Å². The second-order valence-corrected chi connectivity index (χ2v) is 4.26. The molecular formula is C14H19N3. The van der Waals surface area contributed by atoms with E-state index in [0.29, 0.717) is 6.54 Å². The Bertz CT molecular complexity index is 460. The minimum absolute atomic E-state index is 0.613. The number of benzene rings is 1. The first kappa shape index (κ1) is 11.9. The van der Waals surface area contributed by atoms with Gasteiger partial charge < -0.3 is 5.73 Å². The molecule has 0 radical (unpaired) electrons. The summed E-state index contributed by atoms with van der Waals surface area (Å²) in [6, 6.07) is 8.51. The van der Waals surface area contributed by atoms with Crippen molar-refractivity contribution in [2.45, 2.75) is 32.9 Å². The van der Waals surface area contributed by atoms with Gasteiger partial charge in [0.05, 0.1) is 6.54 Å². The van der Waals surface area contributed by atoms with E-state index < -0.39 is 0 Å². The van der Waals surface area contributed by atoms with Crippen LogP contribution in [0.25, 0.3) is 0 Å². The number of nitrogens with zero attached hydrogens (tertiary/aromatic N) is 2. The third-order valence-corrected chi connectivity index (χ3v) is 2.91. The Morgan fingerprint density at radius 3 is 2.82 bits per heavy atom. The Morgan fingerprint density at radius 1 is 1.29 bits per heavy atom. The number of rotatable bonds is 5. The molecule has 0 atom stereocenters. The van der Waals surface area contributed by atoms with Gasteiger partial charge in [-0.1, -0.05) is 31.5 Å². The lowest BCUT2D eigenvalue weighted by Crippen LogP contribution is -2.05. The summed E-state index contributed by atoms with van der Waals surface area (Å²) in [5.74, 6) is 0. The van der Waals surface area contributed by atoms with E-state index in [0.717, 1.165) is 19.4 Å². The molecule has 2 rings (SSSR count). The summed E-state index contributed by atoms with van der Waals surface area (Å²) >= 11 is 0. The van der Waals surface area contributed by atoms with Gasteiger partial charge in [0, 0.05) is 18.9 Å². The van der Waals surface area contributed by atoms with Crippen LogP contribution >= 0.6 is 0 Å². The topological polar surface area (TPSA) is 43.8 Å². The van der Waals surface area contributed by atoms with Crippen LogP contribution < -0.4 is 5.73 Å². The molecule has 2 N–H and O–H groups in total. The molecule has 0 spiro atoms. The van der Waals surface area contributed by atoms with Gasteiger partial charge in [-0.05, 0) is 29.2 Å². The SMILES string of the molecule is CCCc1ccc(Cn2cccn2)cc1CN. The summed E-state index contributed by atoms with van der Waals surface area (Å²) in [5.41, 5.74) is 9.69. The van der Waals surface area contributed by atoms with Crippen molar-refractivity contribution in [2.24, 2.45) is 5.73 Å². The van der Waals surface area contributed by atoms with Crippen LogP contribution in [0.2, 0.25) is 0 Å². The van der Waals surface area contributed by atoms with Gasteiger partial charge in [0.2, 0.25) is 0 Å². The maximum atomic E-state index is 5.80. The number of aryl methyl sites for hydroxylation is 1. The molecule has 1 aromatic heterocycles. The fourth-order valence-electron chi connectivity index (χ4n) is 2.06. The van der Waals surface area contributed by atoms with Crippen LogP contribution in [-0.2, 0) is 19.5 Å². The summed E-state index contributed by atoms with van der Waals surface area (Å²) in [4.78, 5) is 0. The van der Waals surface area contributed by atoms with E-state index in [-0.39, 0.29) is 0 Å². The molecule has 0 aliphatic carbocycles. The van der Waals surface area contributed by atoms with Crippen LogP contribution in [0.5, 0.6) is 0 Å². The van der Waals surface area contributed by atoms with Crippen LogP contribution in [0, 0.1) is 0 Å². The minimum atomic E-state index is 0.613. The van der Waals surface area contributed by atoms with E-state index in [2.05, 4.69) is 30.2 Å². The van der Waals surface area contributed by atoms with Crippen molar-refractivity contribution in [3.63, 3.8) is 0 Å². The average Bonchev–Trinajstić information content (AvgIpc) is 2.84. The lowest BCUT2D eigenvalue weighted by Gasteiger charge is -2.10. The van der Waals surface area contributed by atoms with Crippen molar-refractivity contribution in [2.75, 3.05) is 0 Å². The van der Waals surface area contributed by atoms with Crippen LogP contribution in [0.1, 0.15) is 30.0 Å². The lowest BCUT2D eigenvalue weighted by atomic mass is 10.0. The number of nitrogens with two attached hydrogens (primary N) is 1. The van der Waals surface area contributed by atoms with E-state index >= 15 is 0 Å². The highest BCUT2D eigenvalue weighted by Crippen LogP contribution is 2.14. The molecule has 2 aromatic rings. The summed E-state index contributed by atoms with van der Waals surface area (Å²) in [6.45, 7) is 3.62. The Kier molecular flexibility index (Phi) is 3.94. The van der Waals surface area contributed by atoms with Crippen molar-refractivity contribution in [3.8, 4) is 0 Å². The van der Waals surface area contributed by atoms with E-state index in [9.17, 15) is 0 Å². The maximum Gasteiger partial charge on any atom is 0.0659 e.